The van der Waals surface area contributed by atoms with Crippen LogP contribution in [0.2, 0.25) is 0 Å². The number of nitrogens with zero attached hydrogens (tertiary/aromatic N) is 3. The number of carbonyl (C=O) groups is 2. The molecule has 2 aromatic rings. The number of para-hydroxylation sites is 1. The molecule has 2 saturated heterocycles. The Labute approximate surface area is 177 Å². The van der Waals surface area contributed by atoms with Gasteiger partial charge in [0.05, 0.1) is 11.8 Å². The molecule has 30 heavy (non-hydrogen) atoms. The number of nitrogens with one attached hydrogen (secondary N) is 1. The number of benzene rings is 1. The van der Waals surface area contributed by atoms with Crippen molar-refractivity contribution in [3.05, 3.63) is 47.8 Å². The quantitative estimate of drug-likeness (QED) is 0.822. The van der Waals surface area contributed by atoms with Crippen LogP contribution >= 0.6 is 0 Å². The Bertz CT molecular complexity index is 858. The fourth-order valence-corrected chi connectivity index (χ4v) is 4.73. The Morgan fingerprint density at radius 1 is 1.10 bits per heavy atom. The highest BCUT2D eigenvalue weighted by atomic mass is 16.5. The lowest BCUT2D eigenvalue weighted by Gasteiger charge is -2.43. The van der Waals surface area contributed by atoms with Gasteiger partial charge in [0, 0.05) is 31.4 Å². The van der Waals surface area contributed by atoms with E-state index in [0.717, 1.165) is 63.2 Å². The van der Waals surface area contributed by atoms with Gasteiger partial charge in [-0.2, -0.15) is 5.10 Å². The summed E-state index contributed by atoms with van der Waals surface area (Å²) in [5.41, 5.74) is 1.46. The second-order valence-electron chi connectivity index (χ2n) is 8.29. The first kappa shape index (κ1) is 20.4. The number of piperidine rings is 2. The van der Waals surface area contributed by atoms with E-state index in [0.29, 0.717) is 11.5 Å². The van der Waals surface area contributed by atoms with Crippen LogP contribution in [0.25, 0.3) is 0 Å². The van der Waals surface area contributed by atoms with Crippen molar-refractivity contribution in [1.29, 1.82) is 0 Å². The number of carbonyl (C=O) groups excluding carboxylic acids is 2. The van der Waals surface area contributed by atoms with E-state index in [-0.39, 0.29) is 24.5 Å². The van der Waals surface area contributed by atoms with Gasteiger partial charge in [0.15, 0.2) is 6.61 Å². The van der Waals surface area contributed by atoms with E-state index in [1.807, 2.05) is 47.1 Å². The van der Waals surface area contributed by atoms with Crippen LogP contribution in [-0.4, -0.2) is 64.1 Å². The van der Waals surface area contributed by atoms with Crippen molar-refractivity contribution in [3.63, 3.8) is 0 Å². The van der Waals surface area contributed by atoms with Gasteiger partial charge in [0.1, 0.15) is 5.75 Å². The smallest absolute Gasteiger partial charge is 0.260 e. The van der Waals surface area contributed by atoms with Crippen LogP contribution in [0.4, 0.5) is 0 Å². The molecule has 1 atom stereocenters. The van der Waals surface area contributed by atoms with Gasteiger partial charge < -0.3 is 14.5 Å². The average Bonchev–Trinajstić information content (AvgIpc) is 3.23. The van der Waals surface area contributed by atoms with Crippen molar-refractivity contribution in [1.82, 2.24) is 20.0 Å². The molecule has 1 N–H and O–H groups in total. The number of likely N-dealkylation sites (tertiary alicyclic amines) is 2. The number of aryl methyl sites for hydroxylation is 1. The maximum Gasteiger partial charge on any atom is 0.260 e. The summed E-state index contributed by atoms with van der Waals surface area (Å²) in [6.07, 6.45) is 6.70. The molecule has 1 aromatic heterocycles. The Balaban J connectivity index is 1.33. The van der Waals surface area contributed by atoms with Gasteiger partial charge in [0.2, 0.25) is 0 Å². The number of rotatable bonds is 5. The molecule has 1 aromatic carbocycles. The number of hydrogen-bond acceptors (Lipinski definition) is 4. The van der Waals surface area contributed by atoms with Crippen LogP contribution in [0.15, 0.2) is 36.5 Å². The zero-order valence-electron chi connectivity index (χ0n) is 17.5. The van der Waals surface area contributed by atoms with Crippen LogP contribution in [-0.2, 0) is 4.79 Å². The summed E-state index contributed by atoms with van der Waals surface area (Å²) in [5.74, 6) is 1.27. The molecule has 0 saturated carbocycles. The van der Waals surface area contributed by atoms with Gasteiger partial charge in [-0.05, 0) is 57.1 Å². The fourth-order valence-electron chi connectivity index (χ4n) is 4.73. The summed E-state index contributed by atoms with van der Waals surface area (Å²) in [7, 11) is 0. The van der Waals surface area contributed by atoms with E-state index in [1.54, 1.807) is 6.20 Å². The fraction of sp³-hybridized carbons (Fsp3) is 0.522. The third-order valence-corrected chi connectivity index (χ3v) is 6.41. The topological polar surface area (TPSA) is 78.5 Å². The highest BCUT2D eigenvalue weighted by Crippen LogP contribution is 2.31. The molecule has 0 unspecified atom stereocenters. The number of aromatic nitrogens is 2. The molecule has 0 radical (unpaired) electrons. The number of aromatic amines is 1. The summed E-state index contributed by atoms with van der Waals surface area (Å²) in [6, 6.07) is 9.73. The van der Waals surface area contributed by atoms with Gasteiger partial charge in [0.25, 0.3) is 11.8 Å². The zero-order valence-corrected chi connectivity index (χ0v) is 17.5. The summed E-state index contributed by atoms with van der Waals surface area (Å²) >= 11 is 0. The molecule has 2 aliphatic heterocycles. The highest BCUT2D eigenvalue weighted by molar-refractivity contribution is 5.95. The largest absolute Gasteiger partial charge is 0.484 e. The SMILES string of the molecule is Cc1[nH]ncc1C(=O)N1CCC([C@H]2CCCCN2C(=O)COc2ccccc2)CC1. The third kappa shape index (κ3) is 4.50. The predicted molar refractivity (Wildman–Crippen MR) is 113 cm³/mol. The Kier molecular flexibility index (Phi) is 6.35. The first-order chi connectivity index (χ1) is 14.6. The van der Waals surface area contributed by atoms with Gasteiger partial charge in [-0.15, -0.1) is 0 Å². The lowest BCUT2D eigenvalue weighted by atomic mass is 9.83. The molecule has 2 aliphatic rings. The van der Waals surface area contributed by atoms with Crippen molar-refractivity contribution in [2.75, 3.05) is 26.2 Å². The Hall–Kier alpha value is -2.83. The molecule has 2 fully saturated rings. The molecule has 7 heteroatoms. The lowest BCUT2D eigenvalue weighted by molar-refractivity contribution is -0.139. The standard InChI is InChI=1S/C23H30N4O3/c1-17-20(15-24-25-17)23(29)26-13-10-18(11-14-26)21-9-5-6-12-27(21)22(28)16-30-19-7-3-2-4-8-19/h2-4,7-8,15,18,21H,5-6,9-14,16H2,1H3,(H,24,25)/t21-/m1/s1. The van der Waals surface area contributed by atoms with Crippen LogP contribution in [0, 0.1) is 12.8 Å². The minimum Gasteiger partial charge on any atom is -0.484 e. The highest BCUT2D eigenvalue weighted by Gasteiger charge is 2.36. The van der Waals surface area contributed by atoms with E-state index in [9.17, 15) is 9.59 Å². The van der Waals surface area contributed by atoms with Gasteiger partial charge in [-0.25, -0.2) is 0 Å². The zero-order chi connectivity index (χ0) is 20.9. The molecular weight excluding hydrogens is 380 g/mol. The molecule has 2 amide bonds. The van der Waals surface area contributed by atoms with Crippen molar-refractivity contribution in [2.45, 2.75) is 45.1 Å². The molecular formula is C23H30N4O3. The summed E-state index contributed by atoms with van der Waals surface area (Å²) < 4.78 is 5.70. The first-order valence-corrected chi connectivity index (χ1v) is 10.9. The first-order valence-electron chi connectivity index (χ1n) is 10.9. The van der Waals surface area contributed by atoms with E-state index in [2.05, 4.69) is 10.2 Å². The molecule has 7 nitrogen and oxygen atoms in total. The molecule has 4 rings (SSSR count). The Morgan fingerprint density at radius 3 is 2.57 bits per heavy atom. The minimum absolute atomic E-state index is 0.0486. The van der Waals surface area contributed by atoms with Crippen LogP contribution in [0.3, 0.4) is 0 Å². The predicted octanol–water partition coefficient (Wildman–Crippen LogP) is 3.03. The van der Waals surface area contributed by atoms with Crippen molar-refractivity contribution >= 4 is 11.8 Å². The number of hydrogen-bond donors (Lipinski definition) is 1. The van der Waals surface area contributed by atoms with Gasteiger partial charge in [-0.1, -0.05) is 18.2 Å². The Morgan fingerprint density at radius 2 is 1.87 bits per heavy atom. The summed E-state index contributed by atoms with van der Waals surface area (Å²) in [5, 5.41) is 6.80. The van der Waals surface area contributed by atoms with Gasteiger partial charge in [-0.3, -0.25) is 14.7 Å². The molecule has 0 bridgehead atoms. The molecule has 3 heterocycles. The maximum absolute atomic E-state index is 12.9. The summed E-state index contributed by atoms with van der Waals surface area (Å²) in [4.78, 5) is 29.6. The monoisotopic (exact) mass is 410 g/mol. The molecule has 160 valence electrons. The lowest BCUT2D eigenvalue weighted by Crippen LogP contribution is -2.52. The van der Waals surface area contributed by atoms with Crippen LogP contribution in [0.5, 0.6) is 5.75 Å². The van der Waals surface area contributed by atoms with E-state index >= 15 is 0 Å². The second kappa shape index (κ2) is 9.32. The maximum atomic E-state index is 12.9. The summed E-state index contributed by atoms with van der Waals surface area (Å²) in [6.45, 7) is 4.21. The molecule has 0 spiro atoms. The van der Waals surface area contributed by atoms with Gasteiger partial charge >= 0.3 is 0 Å². The van der Waals surface area contributed by atoms with Crippen molar-refractivity contribution < 1.29 is 14.3 Å². The number of H-pyrrole nitrogens is 1. The molecule has 0 aliphatic carbocycles. The van der Waals surface area contributed by atoms with Crippen LogP contribution < -0.4 is 4.74 Å². The second-order valence-corrected chi connectivity index (χ2v) is 8.29. The van der Waals surface area contributed by atoms with Crippen molar-refractivity contribution in [3.8, 4) is 5.75 Å². The third-order valence-electron chi connectivity index (χ3n) is 6.41. The number of amides is 2. The van der Waals surface area contributed by atoms with E-state index < -0.39 is 0 Å². The average molecular weight is 411 g/mol. The van der Waals surface area contributed by atoms with Crippen molar-refractivity contribution in [2.24, 2.45) is 5.92 Å². The van der Waals surface area contributed by atoms with E-state index in [1.165, 1.54) is 0 Å². The number of ether oxygens (including phenoxy) is 1. The van der Waals surface area contributed by atoms with E-state index in [4.69, 9.17) is 4.74 Å². The van der Waals surface area contributed by atoms with Crippen LogP contribution in [0.1, 0.15) is 48.2 Å². The minimum atomic E-state index is 0.0486. The normalized spacial score (nSPS) is 20.2.